The van der Waals surface area contributed by atoms with Gasteiger partial charge < -0.3 is 16.0 Å². The number of benzene rings is 3. The minimum Gasteiger partial charge on any atom is -0.324 e. The number of nitrogens with one attached hydrogen (secondary N) is 2. The molecule has 3 aromatic carbocycles. The fourth-order valence-corrected chi connectivity index (χ4v) is 3.34. The zero-order valence-corrected chi connectivity index (χ0v) is 17.6. The van der Waals surface area contributed by atoms with E-state index in [-0.39, 0.29) is 18.4 Å². The molecule has 0 aliphatic rings. The number of hydrogen-bond acceptors (Lipinski definition) is 2. The number of quaternary nitrogens is 1. The average Bonchev–Trinajstić information content (AvgIpc) is 2.73. The van der Waals surface area contributed by atoms with Crippen molar-refractivity contribution in [3.8, 4) is 0 Å². The molecule has 0 saturated heterocycles. The minimum atomic E-state index is -0.531. The number of rotatable bonds is 7. The monoisotopic (exact) mass is 402 g/mol. The van der Waals surface area contributed by atoms with Crippen LogP contribution in [-0.4, -0.2) is 18.4 Å². The van der Waals surface area contributed by atoms with Crippen LogP contribution in [-0.2, 0) is 9.59 Å². The molecular formula is C25H28N3O2+. The van der Waals surface area contributed by atoms with Gasteiger partial charge in [-0.3, -0.25) is 9.59 Å². The largest absolute Gasteiger partial charge is 0.324 e. The number of nitrogens with two attached hydrogens (primary N) is 1. The van der Waals surface area contributed by atoms with Crippen molar-refractivity contribution in [2.45, 2.75) is 26.8 Å². The molecule has 0 heterocycles. The van der Waals surface area contributed by atoms with Crippen molar-refractivity contribution in [1.82, 2.24) is 0 Å². The van der Waals surface area contributed by atoms with Crippen molar-refractivity contribution in [2.75, 3.05) is 17.2 Å². The van der Waals surface area contributed by atoms with Crippen molar-refractivity contribution in [2.24, 2.45) is 0 Å². The van der Waals surface area contributed by atoms with Crippen LogP contribution in [0.1, 0.15) is 28.3 Å². The summed E-state index contributed by atoms with van der Waals surface area (Å²) in [6.07, 6.45) is 0. The van der Waals surface area contributed by atoms with Gasteiger partial charge in [0.15, 0.2) is 12.6 Å². The van der Waals surface area contributed by atoms with E-state index in [1.165, 1.54) is 0 Å². The van der Waals surface area contributed by atoms with Gasteiger partial charge in [-0.1, -0.05) is 66.2 Å². The molecule has 0 aromatic heterocycles. The first-order chi connectivity index (χ1) is 14.4. The van der Waals surface area contributed by atoms with Crippen LogP contribution in [0.3, 0.4) is 0 Å². The number of carbonyl (C=O) groups is 2. The Morgan fingerprint density at radius 3 is 2.07 bits per heavy atom. The van der Waals surface area contributed by atoms with E-state index in [9.17, 15) is 9.59 Å². The third-order valence-corrected chi connectivity index (χ3v) is 5.04. The van der Waals surface area contributed by atoms with Crippen LogP contribution in [0.25, 0.3) is 0 Å². The van der Waals surface area contributed by atoms with E-state index in [2.05, 4.69) is 10.6 Å². The summed E-state index contributed by atoms with van der Waals surface area (Å²) < 4.78 is 0. The zero-order valence-electron chi connectivity index (χ0n) is 17.6. The molecule has 2 amide bonds. The third-order valence-electron chi connectivity index (χ3n) is 5.04. The summed E-state index contributed by atoms with van der Waals surface area (Å²) in [4.78, 5) is 25.6. The highest BCUT2D eigenvalue weighted by molar-refractivity contribution is 5.95. The second kappa shape index (κ2) is 9.85. The summed E-state index contributed by atoms with van der Waals surface area (Å²) in [6.45, 7) is 6.07. The van der Waals surface area contributed by atoms with Crippen LogP contribution >= 0.6 is 0 Å². The SMILES string of the molecule is Cc1ccc(NC(=O)[C@H]([NH2+]CC(=O)Nc2c(C)cccc2C)c2ccccc2)cc1. The van der Waals surface area contributed by atoms with Crippen LogP contribution in [0.2, 0.25) is 0 Å². The Kier molecular flexibility index (Phi) is 6.99. The first-order valence-electron chi connectivity index (χ1n) is 10.1. The molecule has 0 aliphatic heterocycles. The highest BCUT2D eigenvalue weighted by atomic mass is 16.2. The Morgan fingerprint density at radius 2 is 1.43 bits per heavy atom. The first kappa shape index (κ1) is 21.3. The van der Waals surface area contributed by atoms with Crippen LogP contribution in [0.4, 0.5) is 11.4 Å². The van der Waals surface area contributed by atoms with Gasteiger partial charge >= 0.3 is 0 Å². The first-order valence-corrected chi connectivity index (χ1v) is 10.1. The van der Waals surface area contributed by atoms with E-state index >= 15 is 0 Å². The fourth-order valence-electron chi connectivity index (χ4n) is 3.34. The summed E-state index contributed by atoms with van der Waals surface area (Å²) in [5.41, 5.74) is 5.57. The van der Waals surface area contributed by atoms with E-state index in [4.69, 9.17) is 0 Å². The Bertz CT molecular complexity index is 994. The molecule has 0 aliphatic carbocycles. The van der Waals surface area contributed by atoms with Crippen LogP contribution < -0.4 is 16.0 Å². The normalized spacial score (nSPS) is 11.6. The second-order valence-corrected chi connectivity index (χ2v) is 7.50. The van der Waals surface area contributed by atoms with E-state index in [0.717, 1.165) is 33.6 Å². The Morgan fingerprint density at radius 1 is 0.800 bits per heavy atom. The van der Waals surface area contributed by atoms with Crippen LogP contribution in [0, 0.1) is 20.8 Å². The zero-order chi connectivity index (χ0) is 21.5. The summed E-state index contributed by atoms with van der Waals surface area (Å²) in [5, 5.41) is 7.70. The number of anilines is 2. The lowest BCUT2D eigenvalue weighted by Crippen LogP contribution is -2.89. The van der Waals surface area contributed by atoms with Gasteiger partial charge in [0.25, 0.3) is 11.8 Å². The van der Waals surface area contributed by atoms with Gasteiger partial charge in [0.2, 0.25) is 0 Å². The molecule has 0 radical (unpaired) electrons. The van der Waals surface area contributed by atoms with E-state index in [1.807, 2.05) is 93.6 Å². The molecular weight excluding hydrogens is 374 g/mol. The molecule has 1 atom stereocenters. The maximum atomic E-state index is 13.0. The summed E-state index contributed by atoms with van der Waals surface area (Å²) in [5.74, 6) is -0.304. The van der Waals surface area contributed by atoms with Gasteiger partial charge in [0.05, 0.1) is 0 Å². The molecule has 4 N–H and O–H groups in total. The lowest BCUT2D eigenvalue weighted by molar-refractivity contribution is -0.671. The van der Waals surface area contributed by atoms with Crippen LogP contribution in [0.15, 0.2) is 72.8 Å². The van der Waals surface area contributed by atoms with E-state index < -0.39 is 6.04 Å². The highest BCUT2D eigenvalue weighted by Gasteiger charge is 2.25. The molecule has 0 bridgehead atoms. The molecule has 5 nitrogen and oxygen atoms in total. The van der Waals surface area contributed by atoms with Crippen molar-refractivity contribution in [1.29, 1.82) is 0 Å². The summed E-state index contributed by atoms with van der Waals surface area (Å²) in [6, 6.07) is 22.5. The number of aryl methyl sites for hydroxylation is 3. The van der Waals surface area contributed by atoms with Crippen molar-refractivity contribution < 1.29 is 14.9 Å². The molecule has 5 heteroatoms. The number of hydrogen-bond donors (Lipinski definition) is 3. The molecule has 3 aromatic rings. The average molecular weight is 403 g/mol. The van der Waals surface area contributed by atoms with Crippen LogP contribution in [0.5, 0.6) is 0 Å². The standard InChI is InChI=1S/C25H27N3O2/c1-17-12-14-21(15-13-17)27-25(30)24(20-10-5-4-6-11-20)26-16-22(29)28-23-18(2)8-7-9-19(23)3/h4-15,24,26H,16H2,1-3H3,(H,27,30)(H,28,29)/p+1/t24-/m1/s1. The van der Waals surface area contributed by atoms with Crippen molar-refractivity contribution >= 4 is 23.2 Å². The number of carbonyl (C=O) groups excluding carboxylic acids is 2. The maximum Gasteiger partial charge on any atom is 0.287 e. The van der Waals surface area contributed by atoms with Crippen molar-refractivity contribution in [3.63, 3.8) is 0 Å². The minimum absolute atomic E-state index is 0.134. The molecule has 0 unspecified atom stereocenters. The Hall–Kier alpha value is -3.44. The quantitative estimate of drug-likeness (QED) is 0.566. The van der Waals surface area contributed by atoms with Gasteiger partial charge in [0.1, 0.15) is 0 Å². The molecule has 30 heavy (non-hydrogen) atoms. The molecule has 0 saturated carbocycles. The predicted molar refractivity (Wildman–Crippen MR) is 120 cm³/mol. The highest BCUT2D eigenvalue weighted by Crippen LogP contribution is 2.19. The van der Waals surface area contributed by atoms with E-state index in [0.29, 0.717) is 0 Å². The Labute approximate surface area is 177 Å². The number of para-hydroxylation sites is 1. The smallest absolute Gasteiger partial charge is 0.287 e. The number of amides is 2. The van der Waals surface area contributed by atoms with Crippen molar-refractivity contribution in [3.05, 3.63) is 95.1 Å². The van der Waals surface area contributed by atoms with Gasteiger partial charge in [0, 0.05) is 16.9 Å². The maximum absolute atomic E-state index is 13.0. The second-order valence-electron chi connectivity index (χ2n) is 7.50. The molecule has 0 spiro atoms. The molecule has 3 rings (SSSR count). The van der Waals surface area contributed by atoms with Gasteiger partial charge in [-0.25, -0.2) is 0 Å². The van der Waals surface area contributed by atoms with Gasteiger partial charge in [-0.05, 0) is 44.0 Å². The lowest BCUT2D eigenvalue weighted by Gasteiger charge is -2.17. The predicted octanol–water partition coefficient (Wildman–Crippen LogP) is 3.49. The Balaban J connectivity index is 1.70. The van der Waals surface area contributed by atoms with Gasteiger partial charge in [-0.2, -0.15) is 0 Å². The van der Waals surface area contributed by atoms with Gasteiger partial charge in [-0.15, -0.1) is 0 Å². The lowest BCUT2D eigenvalue weighted by atomic mass is 10.1. The topological polar surface area (TPSA) is 74.8 Å². The molecule has 154 valence electrons. The third kappa shape index (κ3) is 5.55. The summed E-state index contributed by atoms with van der Waals surface area (Å²) >= 11 is 0. The fraction of sp³-hybridized carbons (Fsp3) is 0.200. The molecule has 0 fully saturated rings. The summed E-state index contributed by atoms with van der Waals surface area (Å²) in [7, 11) is 0. The van der Waals surface area contributed by atoms with E-state index in [1.54, 1.807) is 5.32 Å².